The summed E-state index contributed by atoms with van der Waals surface area (Å²) in [6.07, 6.45) is -1.32. The van der Waals surface area contributed by atoms with Gasteiger partial charge in [0.25, 0.3) is 0 Å². The number of methoxy groups -OCH3 is 2. The highest BCUT2D eigenvalue weighted by atomic mass is 16.7. The predicted octanol–water partition coefficient (Wildman–Crippen LogP) is 2.94. The van der Waals surface area contributed by atoms with Gasteiger partial charge in [-0.15, -0.1) is 0 Å². The zero-order chi connectivity index (χ0) is 30.0. The lowest BCUT2D eigenvalue weighted by Gasteiger charge is -2.48. The number of hydrogen-bond acceptors (Lipinski definition) is 12. The van der Waals surface area contributed by atoms with Crippen LogP contribution in [0.1, 0.15) is 42.1 Å². The molecule has 0 aromatic heterocycles. The lowest BCUT2D eigenvalue weighted by molar-refractivity contribution is -0.330. The number of fused-ring (bicyclic) bond motifs is 4. The summed E-state index contributed by atoms with van der Waals surface area (Å²) in [5.41, 5.74) is 2.42. The Morgan fingerprint density at radius 3 is 2.30 bits per heavy atom. The van der Waals surface area contributed by atoms with Crippen LogP contribution in [0.4, 0.5) is 0 Å². The van der Waals surface area contributed by atoms with Crippen LogP contribution in [0.15, 0.2) is 24.3 Å². The first-order valence-corrected chi connectivity index (χ1v) is 14.6. The number of likely N-dealkylation sites (N-methyl/N-ethyl adjacent to an activating group) is 1. The molecule has 43 heavy (non-hydrogen) atoms. The fourth-order valence-corrected chi connectivity index (χ4v) is 7.25. The van der Waals surface area contributed by atoms with Gasteiger partial charge >= 0.3 is 5.97 Å². The molecule has 9 atom stereocenters. The van der Waals surface area contributed by atoms with Crippen molar-refractivity contribution in [3.8, 4) is 28.7 Å². The maximum atomic E-state index is 13.5. The molecule has 1 aliphatic carbocycles. The number of benzene rings is 2. The van der Waals surface area contributed by atoms with Crippen molar-refractivity contribution in [3.05, 3.63) is 41.0 Å². The van der Waals surface area contributed by atoms with Crippen LogP contribution in [0.2, 0.25) is 0 Å². The average Bonchev–Trinajstić information content (AvgIpc) is 3.62. The number of hydrogen-bond donors (Lipinski definition) is 1. The third kappa shape index (κ3) is 4.76. The Labute approximate surface area is 249 Å². The van der Waals surface area contributed by atoms with Crippen LogP contribution in [-0.4, -0.2) is 95.1 Å². The minimum atomic E-state index is -0.584. The van der Waals surface area contributed by atoms with Gasteiger partial charge in [-0.3, -0.25) is 4.79 Å². The number of carbonyl (C=O) groups is 1. The molecule has 4 heterocycles. The van der Waals surface area contributed by atoms with Gasteiger partial charge in [0.15, 0.2) is 35.6 Å². The Bertz CT molecular complexity index is 1370. The quantitative estimate of drug-likeness (QED) is 0.491. The van der Waals surface area contributed by atoms with E-state index in [-0.39, 0.29) is 67.1 Å². The first kappa shape index (κ1) is 28.5. The number of ether oxygens (including phenoxy) is 9. The van der Waals surface area contributed by atoms with Gasteiger partial charge in [0.05, 0.1) is 39.5 Å². The summed E-state index contributed by atoms with van der Waals surface area (Å²) in [6, 6.07) is 7.36. The summed E-state index contributed by atoms with van der Waals surface area (Å²) in [5, 5.41) is 10.6. The molecule has 5 unspecified atom stereocenters. The lowest BCUT2D eigenvalue weighted by atomic mass is 9.66. The number of cyclic esters (lactones) is 1. The van der Waals surface area contributed by atoms with E-state index in [1.54, 1.807) is 12.1 Å². The third-order valence-corrected chi connectivity index (χ3v) is 9.29. The highest BCUT2D eigenvalue weighted by Crippen LogP contribution is 2.57. The normalized spacial score (nSPS) is 34.3. The second kappa shape index (κ2) is 11.0. The standard InChI is InChI=1S/C31H37NO11/c1-14-37-12-24-30(41-14)19(32(2)3)10-25(42-24)43-29-17-9-21-20(39-13-40-21)8-16(17)26(27-18(29)11-38-31(27)34)15-6-22(35-4)28(33)23(7-15)36-5/h6-9,14,18-19,24-27,29-30,33H,10-13H2,1-5H3/t14?,18-,19?,24?,25?,26+,27-,29+,30?/m0/s1. The molecule has 0 saturated carbocycles. The molecule has 1 N–H and O–H groups in total. The number of phenols is 1. The maximum absolute atomic E-state index is 13.5. The van der Waals surface area contributed by atoms with Gasteiger partial charge in [0.2, 0.25) is 12.5 Å². The van der Waals surface area contributed by atoms with Crippen molar-refractivity contribution in [2.75, 3.05) is 48.3 Å². The first-order valence-electron chi connectivity index (χ1n) is 14.6. The van der Waals surface area contributed by atoms with Gasteiger partial charge in [0.1, 0.15) is 12.2 Å². The minimum absolute atomic E-state index is 0.0387. The SMILES string of the molecule is COc1cc([C@@H]2c3cc4c(cc3[C@@H](OC3CC(N(C)C)C5OC(C)OCC5O3)[C@H]3COC(=O)[C@H]23)OCO4)cc(OC)c1O. The van der Waals surface area contributed by atoms with Gasteiger partial charge in [0, 0.05) is 24.3 Å². The fraction of sp³-hybridized carbons (Fsp3) is 0.581. The topological polar surface area (TPSA) is 124 Å². The average molecular weight is 600 g/mol. The molecule has 0 bridgehead atoms. The summed E-state index contributed by atoms with van der Waals surface area (Å²) >= 11 is 0. The zero-order valence-electron chi connectivity index (χ0n) is 24.8. The van der Waals surface area contributed by atoms with Gasteiger partial charge < -0.3 is 52.6 Å². The molecule has 4 aliphatic heterocycles. The van der Waals surface area contributed by atoms with Crippen LogP contribution in [0.3, 0.4) is 0 Å². The third-order valence-electron chi connectivity index (χ3n) is 9.29. The van der Waals surface area contributed by atoms with Crippen molar-refractivity contribution >= 4 is 5.97 Å². The largest absolute Gasteiger partial charge is 0.502 e. The smallest absolute Gasteiger partial charge is 0.310 e. The molecule has 12 nitrogen and oxygen atoms in total. The Kier molecular flexibility index (Phi) is 7.29. The van der Waals surface area contributed by atoms with Crippen LogP contribution < -0.4 is 18.9 Å². The Hall–Kier alpha value is -3.29. The predicted molar refractivity (Wildman–Crippen MR) is 148 cm³/mol. The molecule has 5 aliphatic rings. The van der Waals surface area contributed by atoms with E-state index in [0.717, 1.165) is 16.7 Å². The molecule has 12 heteroatoms. The van der Waals surface area contributed by atoms with Crippen LogP contribution in [0.25, 0.3) is 0 Å². The van der Waals surface area contributed by atoms with E-state index < -0.39 is 24.2 Å². The molecular weight excluding hydrogens is 562 g/mol. The lowest BCUT2D eigenvalue weighted by Crippen LogP contribution is -2.60. The number of aromatic hydroxyl groups is 1. The fourth-order valence-electron chi connectivity index (χ4n) is 7.25. The van der Waals surface area contributed by atoms with Gasteiger partial charge in [-0.05, 0) is 62.0 Å². The summed E-state index contributed by atoms with van der Waals surface area (Å²) in [4.78, 5) is 15.6. The summed E-state index contributed by atoms with van der Waals surface area (Å²) in [6.45, 7) is 2.57. The van der Waals surface area contributed by atoms with Gasteiger partial charge in [-0.1, -0.05) is 0 Å². The van der Waals surface area contributed by atoms with Crippen molar-refractivity contribution in [2.45, 2.75) is 56.2 Å². The van der Waals surface area contributed by atoms with Crippen LogP contribution in [-0.2, 0) is 28.5 Å². The Morgan fingerprint density at radius 2 is 1.63 bits per heavy atom. The molecule has 0 radical (unpaired) electrons. The van der Waals surface area contributed by atoms with Crippen molar-refractivity contribution in [1.29, 1.82) is 0 Å². The molecular formula is C31H37NO11. The molecule has 0 spiro atoms. The minimum Gasteiger partial charge on any atom is -0.502 e. The second-order valence-electron chi connectivity index (χ2n) is 11.8. The van der Waals surface area contributed by atoms with E-state index >= 15 is 0 Å². The molecule has 232 valence electrons. The van der Waals surface area contributed by atoms with E-state index in [1.165, 1.54) is 14.2 Å². The van der Waals surface area contributed by atoms with Crippen LogP contribution >= 0.6 is 0 Å². The van der Waals surface area contributed by atoms with E-state index in [1.807, 2.05) is 33.2 Å². The second-order valence-corrected chi connectivity index (χ2v) is 11.8. The van der Waals surface area contributed by atoms with Gasteiger partial charge in [-0.2, -0.15) is 0 Å². The van der Waals surface area contributed by atoms with Crippen molar-refractivity contribution in [2.24, 2.45) is 11.8 Å². The first-order chi connectivity index (χ1) is 20.8. The molecule has 7 rings (SSSR count). The van der Waals surface area contributed by atoms with Crippen LogP contribution in [0.5, 0.6) is 28.7 Å². The summed E-state index contributed by atoms with van der Waals surface area (Å²) in [7, 11) is 6.99. The van der Waals surface area contributed by atoms with E-state index in [0.29, 0.717) is 24.5 Å². The van der Waals surface area contributed by atoms with Crippen molar-refractivity contribution in [3.63, 3.8) is 0 Å². The highest BCUT2D eigenvalue weighted by Gasteiger charge is 2.55. The Morgan fingerprint density at radius 1 is 0.930 bits per heavy atom. The number of rotatable bonds is 6. The number of carbonyl (C=O) groups excluding carboxylic acids is 1. The molecule has 0 amide bonds. The molecule has 2 aromatic rings. The summed E-state index contributed by atoms with van der Waals surface area (Å²) < 4.78 is 53.4. The number of nitrogens with zero attached hydrogens (tertiary/aromatic N) is 1. The summed E-state index contributed by atoms with van der Waals surface area (Å²) in [5.74, 6) is -0.135. The van der Waals surface area contributed by atoms with Crippen molar-refractivity contribution in [1.82, 2.24) is 4.90 Å². The maximum Gasteiger partial charge on any atom is 0.310 e. The number of phenolic OH excluding ortho intramolecular Hbond substituents is 1. The van der Waals surface area contributed by atoms with Crippen molar-refractivity contribution < 1.29 is 52.5 Å². The van der Waals surface area contributed by atoms with Crippen LogP contribution in [0, 0.1) is 11.8 Å². The molecule has 2 aromatic carbocycles. The monoisotopic (exact) mass is 599 g/mol. The van der Waals surface area contributed by atoms with E-state index in [9.17, 15) is 9.90 Å². The van der Waals surface area contributed by atoms with Gasteiger partial charge in [-0.25, -0.2) is 0 Å². The zero-order valence-corrected chi connectivity index (χ0v) is 24.8. The Balaban J connectivity index is 1.30. The van der Waals surface area contributed by atoms with E-state index in [2.05, 4.69) is 4.90 Å². The number of esters is 1. The van der Waals surface area contributed by atoms with E-state index in [4.69, 9.17) is 42.6 Å². The molecule has 3 fully saturated rings. The molecule has 3 saturated heterocycles. The highest BCUT2D eigenvalue weighted by molar-refractivity contribution is 5.79.